The van der Waals surface area contributed by atoms with E-state index in [-0.39, 0.29) is 12.4 Å². The molecule has 1 rings (SSSR count). The zero-order valence-electron chi connectivity index (χ0n) is 9.52. The largest absolute Gasteiger partial charge is 0.378 e. The summed E-state index contributed by atoms with van der Waals surface area (Å²) < 4.78 is 5.78. The van der Waals surface area contributed by atoms with Crippen molar-refractivity contribution in [2.24, 2.45) is 10.8 Å². The van der Waals surface area contributed by atoms with E-state index < -0.39 is 0 Å². The van der Waals surface area contributed by atoms with Gasteiger partial charge in [-0.3, -0.25) is 0 Å². The van der Waals surface area contributed by atoms with E-state index in [1.807, 2.05) is 0 Å². The number of halogens is 1. The van der Waals surface area contributed by atoms with Crippen molar-refractivity contribution in [3.05, 3.63) is 0 Å². The Kier molecular flexibility index (Phi) is 4.26. The second-order valence-electron chi connectivity index (χ2n) is 5.84. The lowest BCUT2D eigenvalue weighted by Crippen LogP contribution is -2.39. The van der Waals surface area contributed by atoms with E-state index in [4.69, 9.17) is 4.74 Å². The van der Waals surface area contributed by atoms with Crippen LogP contribution in [0.25, 0.3) is 0 Å². The molecule has 0 aliphatic carbocycles. The fourth-order valence-electron chi connectivity index (χ4n) is 1.70. The van der Waals surface area contributed by atoms with Gasteiger partial charge in [-0.05, 0) is 23.7 Å². The van der Waals surface area contributed by atoms with Crippen LogP contribution in [0, 0.1) is 10.8 Å². The van der Waals surface area contributed by atoms with Crippen molar-refractivity contribution < 1.29 is 4.74 Å². The third-order valence-electron chi connectivity index (χ3n) is 2.80. The monoisotopic (exact) mass is 206 g/mol. The van der Waals surface area contributed by atoms with Gasteiger partial charge in [0.05, 0.1) is 6.10 Å². The van der Waals surface area contributed by atoms with Crippen LogP contribution in [0.1, 0.15) is 47.5 Å². The molecule has 0 spiro atoms. The summed E-state index contributed by atoms with van der Waals surface area (Å²) in [5.41, 5.74) is 0.786. The molecule has 0 amide bonds. The van der Waals surface area contributed by atoms with Crippen molar-refractivity contribution in [1.82, 2.24) is 0 Å². The zero-order chi connectivity index (χ0) is 9.41. The molecular formula is C11H23ClO. The van der Waals surface area contributed by atoms with Crippen LogP contribution in [0.4, 0.5) is 0 Å². The molecule has 1 aliphatic rings. The molecule has 1 fully saturated rings. The smallest absolute Gasteiger partial charge is 0.0628 e. The summed E-state index contributed by atoms with van der Waals surface area (Å²) in [6.07, 6.45) is 2.86. The normalized spacial score (nSPS) is 27.9. The van der Waals surface area contributed by atoms with Crippen LogP contribution < -0.4 is 0 Å². The van der Waals surface area contributed by atoms with Gasteiger partial charge < -0.3 is 4.74 Å². The topological polar surface area (TPSA) is 9.23 Å². The van der Waals surface area contributed by atoms with E-state index in [0.717, 1.165) is 6.61 Å². The average molecular weight is 207 g/mol. The Balaban J connectivity index is 0.00000144. The van der Waals surface area contributed by atoms with E-state index in [9.17, 15) is 0 Å². The first-order chi connectivity index (χ1) is 5.31. The highest BCUT2D eigenvalue weighted by Crippen LogP contribution is 2.38. The average Bonchev–Trinajstić information content (AvgIpc) is 1.83. The molecular weight excluding hydrogens is 184 g/mol. The van der Waals surface area contributed by atoms with Gasteiger partial charge in [0.15, 0.2) is 0 Å². The zero-order valence-corrected chi connectivity index (χ0v) is 10.3. The van der Waals surface area contributed by atoms with Crippen LogP contribution in [0.3, 0.4) is 0 Å². The van der Waals surface area contributed by atoms with Gasteiger partial charge in [0.25, 0.3) is 0 Å². The van der Waals surface area contributed by atoms with Crippen molar-refractivity contribution in [3.8, 4) is 0 Å². The van der Waals surface area contributed by atoms with E-state index >= 15 is 0 Å². The highest BCUT2D eigenvalue weighted by atomic mass is 35.5. The van der Waals surface area contributed by atoms with E-state index in [0.29, 0.717) is 16.9 Å². The maximum atomic E-state index is 5.78. The fraction of sp³-hybridized carbons (Fsp3) is 1.00. The van der Waals surface area contributed by atoms with E-state index in [1.54, 1.807) is 0 Å². The number of ether oxygens (including phenoxy) is 1. The number of hydrogen-bond acceptors (Lipinski definition) is 1. The highest BCUT2D eigenvalue weighted by molar-refractivity contribution is 5.85. The van der Waals surface area contributed by atoms with Crippen LogP contribution in [-0.2, 0) is 4.74 Å². The fourth-order valence-corrected chi connectivity index (χ4v) is 1.70. The summed E-state index contributed by atoms with van der Waals surface area (Å²) in [4.78, 5) is 0. The van der Waals surface area contributed by atoms with Gasteiger partial charge >= 0.3 is 0 Å². The van der Waals surface area contributed by atoms with Crippen molar-refractivity contribution in [2.45, 2.75) is 53.6 Å². The van der Waals surface area contributed by atoms with Crippen LogP contribution in [0.5, 0.6) is 0 Å². The molecule has 0 saturated carbocycles. The highest BCUT2D eigenvalue weighted by Gasteiger charge is 2.35. The summed E-state index contributed by atoms with van der Waals surface area (Å²) in [6.45, 7) is 12.4. The molecule has 2 heteroatoms. The Hall–Kier alpha value is 0.250. The molecule has 1 aliphatic heterocycles. The third-order valence-corrected chi connectivity index (χ3v) is 2.80. The first-order valence-electron chi connectivity index (χ1n) is 4.93. The lowest BCUT2D eigenvalue weighted by Gasteiger charge is -2.41. The number of hydrogen-bond donors (Lipinski definition) is 0. The Labute approximate surface area is 88.6 Å². The summed E-state index contributed by atoms with van der Waals surface area (Å²) in [7, 11) is 0. The third kappa shape index (κ3) is 3.86. The molecule has 1 heterocycles. The Morgan fingerprint density at radius 2 is 1.77 bits per heavy atom. The second kappa shape index (κ2) is 4.18. The first-order valence-corrected chi connectivity index (χ1v) is 4.93. The van der Waals surface area contributed by atoms with Crippen molar-refractivity contribution in [2.75, 3.05) is 6.61 Å². The molecule has 0 aromatic carbocycles. The van der Waals surface area contributed by atoms with Crippen LogP contribution in [0.2, 0.25) is 0 Å². The lowest BCUT2D eigenvalue weighted by molar-refractivity contribution is -0.0872. The van der Waals surface area contributed by atoms with Gasteiger partial charge in [0, 0.05) is 6.61 Å². The van der Waals surface area contributed by atoms with Crippen molar-refractivity contribution >= 4 is 12.4 Å². The first kappa shape index (κ1) is 13.2. The van der Waals surface area contributed by atoms with Gasteiger partial charge in [-0.1, -0.05) is 34.6 Å². The Bertz CT molecular complexity index is 155. The number of rotatable bonds is 0. The predicted molar refractivity (Wildman–Crippen MR) is 59.5 cm³/mol. The summed E-state index contributed by atoms with van der Waals surface area (Å²) in [5, 5.41) is 0. The quantitative estimate of drug-likeness (QED) is 0.588. The maximum absolute atomic E-state index is 5.78. The summed E-state index contributed by atoms with van der Waals surface area (Å²) in [5.74, 6) is 0. The molecule has 0 bridgehead atoms. The van der Waals surface area contributed by atoms with Crippen molar-refractivity contribution in [3.63, 3.8) is 0 Å². The minimum absolute atomic E-state index is 0. The van der Waals surface area contributed by atoms with E-state index in [1.165, 1.54) is 12.8 Å². The predicted octanol–water partition coefficient (Wildman–Crippen LogP) is 3.66. The summed E-state index contributed by atoms with van der Waals surface area (Å²) >= 11 is 0. The van der Waals surface area contributed by atoms with Gasteiger partial charge in [0.1, 0.15) is 0 Å². The molecule has 0 aromatic heterocycles. The van der Waals surface area contributed by atoms with Crippen LogP contribution in [0.15, 0.2) is 0 Å². The Morgan fingerprint density at radius 1 is 1.23 bits per heavy atom. The minimum atomic E-state index is 0. The van der Waals surface area contributed by atoms with Gasteiger partial charge in [-0.15, -0.1) is 12.4 Å². The van der Waals surface area contributed by atoms with Crippen LogP contribution in [-0.4, -0.2) is 12.7 Å². The molecule has 80 valence electrons. The Morgan fingerprint density at radius 3 is 2.08 bits per heavy atom. The van der Waals surface area contributed by atoms with E-state index in [2.05, 4.69) is 34.6 Å². The van der Waals surface area contributed by atoms with Gasteiger partial charge in [0.2, 0.25) is 0 Å². The van der Waals surface area contributed by atoms with Gasteiger partial charge in [-0.25, -0.2) is 0 Å². The maximum Gasteiger partial charge on any atom is 0.0628 e. The molecule has 1 unspecified atom stereocenters. The SMILES string of the molecule is CC1(C)CCOC(C(C)(C)C)C1.Cl. The standard InChI is InChI=1S/C11H22O.ClH/c1-10(2,3)9-8-11(4,5)6-7-12-9;/h9H,6-8H2,1-5H3;1H. The molecule has 0 N–H and O–H groups in total. The molecule has 1 saturated heterocycles. The molecule has 13 heavy (non-hydrogen) atoms. The summed E-state index contributed by atoms with van der Waals surface area (Å²) in [6, 6.07) is 0. The minimum Gasteiger partial charge on any atom is -0.378 e. The lowest BCUT2D eigenvalue weighted by atomic mass is 9.74. The molecule has 1 nitrogen and oxygen atoms in total. The second-order valence-corrected chi connectivity index (χ2v) is 5.84. The van der Waals surface area contributed by atoms with Crippen LogP contribution >= 0.6 is 12.4 Å². The molecule has 1 atom stereocenters. The molecule has 0 aromatic rings. The van der Waals surface area contributed by atoms with Crippen molar-refractivity contribution in [1.29, 1.82) is 0 Å². The van der Waals surface area contributed by atoms with Gasteiger partial charge in [-0.2, -0.15) is 0 Å². The molecule has 0 radical (unpaired) electrons.